The average Bonchev–Trinajstić information content (AvgIpc) is 3.25. The SMILES string of the molecule is O=C1CCCc2ccc(Nc3ncc(Cl)c(Nc4c(F)cccc4OC4CCOC4)n3)cc2N1. The van der Waals surface area contributed by atoms with Crippen LogP contribution in [-0.4, -0.2) is 35.2 Å². The number of anilines is 5. The maximum absolute atomic E-state index is 14.7. The van der Waals surface area contributed by atoms with Crippen molar-refractivity contribution in [3.8, 4) is 5.75 Å². The van der Waals surface area contributed by atoms with Gasteiger partial charge in [-0.3, -0.25) is 4.79 Å². The van der Waals surface area contributed by atoms with Crippen LogP contribution >= 0.6 is 11.6 Å². The summed E-state index contributed by atoms with van der Waals surface area (Å²) in [5.74, 6) is 0.329. The Morgan fingerprint density at radius 2 is 2.12 bits per heavy atom. The van der Waals surface area contributed by atoms with Crippen molar-refractivity contribution in [3.05, 3.63) is 59.0 Å². The lowest BCUT2D eigenvalue weighted by Gasteiger charge is -2.17. The number of fused-ring (bicyclic) bond motifs is 1. The van der Waals surface area contributed by atoms with Gasteiger partial charge in [-0.1, -0.05) is 23.7 Å². The maximum Gasteiger partial charge on any atom is 0.229 e. The number of halogens is 2. The predicted octanol–water partition coefficient (Wildman–Crippen LogP) is 5.20. The number of rotatable bonds is 6. The van der Waals surface area contributed by atoms with E-state index in [2.05, 4.69) is 25.9 Å². The fourth-order valence-corrected chi connectivity index (χ4v) is 4.05. The summed E-state index contributed by atoms with van der Waals surface area (Å²) in [5, 5.41) is 9.22. The molecule has 1 unspecified atom stereocenters. The molecule has 0 spiro atoms. The second kappa shape index (κ2) is 9.82. The van der Waals surface area contributed by atoms with E-state index < -0.39 is 5.82 Å². The van der Waals surface area contributed by atoms with Crippen LogP contribution < -0.4 is 20.7 Å². The van der Waals surface area contributed by atoms with E-state index in [0.29, 0.717) is 31.1 Å². The third-order valence-corrected chi connectivity index (χ3v) is 5.91. The van der Waals surface area contributed by atoms with Crippen LogP contribution in [0, 0.1) is 5.82 Å². The van der Waals surface area contributed by atoms with Crippen molar-refractivity contribution >= 4 is 46.3 Å². The third-order valence-electron chi connectivity index (χ3n) is 5.63. The van der Waals surface area contributed by atoms with Gasteiger partial charge in [0.2, 0.25) is 11.9 Å². The van der Waals surface area contributed by atoms with Gasteiger partial charge in [0, 0.05) is 24.2 Å². The number of para-hydroxylation sites is 1. The molecule has 1 fully saturated rings. The topological polar surface area (TPSA) is 97.4 Å². The lowest BCUT2D eigenvalue weighted by atomic mass is 10.1. The molecular weight excluding hydrogens is 461 g/mol. The van der Waals surface area contributed by atoms with E-state index >= 15 is 0 Å². The van der Waals surface area contributed by atoms with Crippen LogP contribution in [0.15, 0.2) is 42.6 Å². The molecule has 2 aromatic carbocycles. The van der Waals surface area contributed by atoms with Crippen molar-refractivity contribution in [1.82, 2.24) is 9.97 Å². The van der Waals surface area contributed by atoms with Crippen molar-refractivity contribution in [1.29, 1.82) is 0 Å². The second-order valence-corrected chi connectivity index (χ2v) is 8.54. The first-order valence-corrected chi connectivity index (χ1v) is 11.5. The molecule has 3 aromatic rings. The molecule has 0 radical (unpaired) electrons. The standard InChI is InChI=1S/C24H23ClFN5O3/c25-17-12-27-24(28-15-8-7-14-3-1-6-21(32)29-19(14)11-15)31-23(17)30-22-18(26)4-2-5-20(22)34-16-9-10-33-13-16/h2,4-5,7-8,11-12,16H,1,3,6,9-10,13H2,(H,29,32)(H2,27,28,30,31). The molecule has 1 saturated heterocycles. The van der Waals surface area contributed by atoms with Crippen LogP contribution in [-0.2, 0) is 16.0 Å². The molecule has 0 bridgehead atoms. The van der Waals surface area contributed by atoms with Gasteiger partial charge in [0.25, 0.3) is 0 Å². The number of amides is 1. The van der Waals surface area contributed by atoms with E-state index in [0.717, 1.165) is 30.5 Å². The molecule has 3 heterocycles. The molecule has 1 aromatic heterocycles. The van der Waals surface area contributed by atoms with Gasteiger partial charge < -0.3 is 25.4 Å². The van der Waals surface area contributed by atoms with Crippen LogP contribution in [0.25, 0.3) is 0 Å². The number of benzene rings is 2. The van der Waals surface area contributed by atoms with Crippen molar-refractivity contribution < 1.29 is 18.7 Å². The van der Waals surface area contributed by atoms with Crippen molar-refractivity contribution in [3.63, 3.8) is 0 Å². The number of carbonyl (C=O) groups excluding carboxylic acids is 1. The smallest absolute Gasteiger partial charge is 0.229 e. The lowest BCUT2D eigenvalue weighted by Crippen LogP contribution is -2.17. The van der Waals surface area contributed by atoms with Gasteiger partial charge in [-0.15, -0.1) is 0 Å². The van der Waals surface area contributed by atoms with Gasteiger partial charge in [0.15, 0.2) is 11.6 Å². The molecule has 2 aliphatic heterocycles. The molecule has 3 N–H and O–H groups in total. The number of hydrogen-bond donors (Lipinski definition) is 3. The number of hydrogen-bond acceptors (Lipinski definition) is 7. The highest BCUT2D eigenvalue weighted by Gasteiger charge is 2.21. The lowest BCUT2D eigenvalue weighted by molar-refractivity contribution is -0.116. The highest BCUT2D eigenvalue weighted by Crippen LogP contribution is 2.34. The van der Waals surface area contributed by atoms with E-state index in [1.165, 1.54) is 12.3 Å². The highest BCUT2D eigenvalue weighted by atomic mass is 35.5. The minimum Gasteiger partial charge on any atom is -0.486 e. The summed E-state index contributed by atoms with van der Waals surface area (Å²) in [6.45, 7) is 1.07. The van der Waals surface area contributed by atoms with E-state index in [1.54, 1.807) is 12.1 Å². The molecule has 2 aliphatic rings. The molecule has 0 aliphatic carbocycles. The summed E-state index contributed by atoms with van der Waals surface area (Å²) < 4.78 is 26.0. The monoisotopic (exact) mass is 483 g/mol. The van der Waals surface area contributed by atoms with Gasteiger partial charge >= 0.3 is 0 Å². The van der Waals surface area contributed by atoms with Crippen LogP contribution in [0.2, 0.25) is 5.02 Å². The molecule has 176 valence electrons. The summed E-state index contributed by atoms with van der Waals surface area (Å²) in [7, 11) is 0. The highest BCUT2D eigenvalue weighted by molar-refractivity contribution is 6.33. The molecule has 34 heavy (non-hydrogen) atoms. The van der Waals surface area contributed by atoms with E-state index in [9.17, 15) is 9.18 Å². The summed E-state index contributed by atoms with van der Waals surface area (Å²) in [6, 6.07) is 10.3. The summed E-state index contributed by atoms with van der Waals surface area (Å²) in [5.41, 5.74) is 2.68. The van der Waals surface area contributed by atoms with Crippen molar-refractivity contribution in [2.24, 2.45) is 0 Å². The number of aromatic nitrogens is 2. The first-order chi connectivity index (χ1) is 16.5. The first kappa shape index (κ1) is 22.4. The minimum atomic E-state index is -0.498. The Bertz CT molecular complexity index is 1220. The van der Waals surface area contributed by atoms with Crippen LogP contribution in [0.4, 0.5) is 33.2 Å². The number of aryl methyl sites for hydroxylation is 1. The van der Waals surface area contributed by atoms with Crippen molar-refractivity contribution in [2.75, 3.05) is 29.2 Å². The van der Waals surface area contributed by atoms with E-state index in [1.807, 2.05) is 18.2 Å². The summed E-state index contributed by atoms with van der Waals surface area (Å²) in [6.07, 6.45) is 4.17. The zero-order valence-corrected chi connectivity index (χ0v) is 19.0. The van der Waals surface area contributed by atoms with Gasteiger partial charge in [0.1, 0.15) is 22.6 Å². The van der Waals surface area contributed by atoms with E-state index in [4.69, 9.17) is 21.1 Å². The van der Waals surface area contributed by atoms with Crippen LogP contribution in [0.1, 0.15) is 24.8 Å². The minimum absolute atomic E-state index is 0.00259. The molecule has 1 amide bonds. The largest absolute Gasteiger partial charge is 0.486 e. The maximum atomic E-state index is 14.7. The Balaban J connectivity index is 1.38. The number of nitrogens with one attached hydrogen (secondary N) is 3. The Morgan fingerprint density at radius 1 is 1.21 bits per heavy atom. The van der Waals surface area contributed by atoms with Crippen molar-refractivity contribution in [2.45, 2.75) is 31.8 Å². The van der Waals surface area contributed by atoms with Gasteiger partial charge in [-0.05, 0) is 42.7 Å². The van der Waals surface area contributed by atoms with E-state index in [-0.39, 0.29) is 34.5 Å². The third kappa shape index (κ3) is 5.05. The molecule has 0 saturated carbocycles. The molecule has 10 heteroatoms. The predicted molar refractivity (Wildman–Crippen MR) is 128 cm³/mol. The Morgan fingerprint density at radius 3 is 2.97 bits per heavy atom. The fourth-order valence-electron chi connectivity index (χ4n) is 3.91. The first-order valence-electron chi connectivity index (χ1n) is 11.1. The quantitative estimate of drug-likeness (QED) is 0.443. The molecular formula is C24H23ClFN5O3. The number of nitrogens with zero attached hydrogens (tertiary/aromatic N) is 2. The van der Waals surface area contributed by atoms with Crippen LogP contribution in [0.3, 0.4) is 0 Å². The number of carbonyl (C=O) groups is 1. The summed E-state index contributed by atoms with van der Waals surface area (Å²) >= 11 is 6.31. The van der Waals surface area contributed by atoms with Gasteiger partial charge in [-0.25, -0.2) is 9.37 Å². The second-order valence-electron chi connectivity index (χ2n) is 8.13. The Labute approximate surface area is 200 Å². The van der Waals surface area contributed by atoms with Gasteiger partial charge in [0.05, 0.1) is 19.4 Å². The molecule has 1 atom stereocenters. The average molecular weight is 484 g/mol. The zero-order chi connectivity index (χ0) is 23.5. The summed E-state index contributed by atoms with van der Waals surface area (Å²) in [4.78, 5) is 20.6. The zero-order valence-electron chi connectivity index (χ0n) is 18.2. The fraction of sp³-hybridized carbons (Fsp3) is 0.292. The Kier molecular flexibility index (Phi) is 6.46. The molecule has 8 nitrogen and oxygen atoms in total. The number of ether oxygens (including phenoxy) is 2. The normalized spacial score (nSPS) is 17.5. The van der Waals surface area contributed by atoms with Crippen LogP contribution in [0.5, 0.6) is 5.75 Å². The molecule has 5 rings (SSSR count). The Hall–Kier alpha value is -3.43. The van der Waals surface area contributed by atoms with Gasteiger partial charge in [-0.2, -0.15) is 4.98 Å².